The lowest BCUT2D eigenvalue weighted by Crippen LogP contribution is -2.42. The van der Waals surface area contributed by atoms with Crippen molar-refractivity contribution in [3.63, 3.8) is 0 Å². The van der Waals surface area contributed by atoms with Gasteiger partial charge in [-0.2, -0.15) is 0 Å². The Balaban J connectivity index is 1.40. The topological polar surface area (TPSA) is 110 Å². The highest BCUT2D eigenvalue weighted by atomic mass is 16.6. The summed E-state index contributed by atoms with van der Waals surface area (Å²) >= 11 is 0. The lowest BCUT2D eigenvalue weighted by Gasteiger charge is -2.29. The lowest BCUT2D eigenvalue weighted by molar-refractivity contribution is -0.384. The Bertz CT molecular complexity index is 1530. The Kier molecular flexibility index (Phi) is 6.57. The maximum Gasteiger partial charge on any atom is 0.269 e. The summed E-state index contributed by atoms with van der Waals surface area (Å²) in [6.45, 7) is 0.265. The molecule has 9 heteroatoms. The van der Waals surface area contributed by atoms with Crippen LogP contribution in [0.2, 0.25) is 0 Å². The molecular weight excluding hydrogens is 486 g/mol. The van der Waals surface area contributed by atoms with E-state index in [1.807, 2.05) is 12.1 Å². The fraction of sp³-hybridized carbons (Fsp3) is 0.138. The predicted octanol–water partition coefficient (Wildman–Crippen LogP) is 5.09. The van der Waals surface area contributed by atoms with Gasteiger partial charge < -0.3 is 9.64 Å². The van der Waals surface area contributed by atoms with Crippen molar-refractivity contribution < 1.29 is 24.0 Å². The molecule has 1 aliphatic rings. The van der Waals surface area contributed by atoms with E-state index in [1.54, 1.807) is 48.5 Å². The number of carbonyl (C=O) groups is 3. The van der Waals surface area contributed by atoms with Crippen molar-refractivity contribution in [1.29, 1.82) is 0 Å². The molecule has 5 rings (SSSR count). The number of nitrogens with zero attached hydrogens (tertiary/aromatic N) is 3. The molecule has 0 radical (unpaired) electrons. The van der Waals surface area contributed by atoms with Gasteiger partial charge in [0.2, 0.25) is 0 Å². The summed E-state index contributed by atoms with van der Waals surface area (Å²) in [5.74, 6) is -0.668. The van der Waals surface area contributed by atoms with E-state index in [-0.39, 0.29) is 36.2 Å². The van der Waals surface area contributed by atoms with Crippen molar-refractivity contribution in [3.8, 4) is 5.75 Å². The summed E-state index contributed by atoms with van der Waals surface area (Å²) in [4.78, 5) is 53.3. The zero-order chi connectivity index (χ0) is 26.8. The Hall–Kier alpha value is -5.05. The summed E-state index contributed by atoms with van der Waals surface area (Å²) in [5.41, 5.74) is 1.59. The number of benzene rings is 4. The van der Waals surface area contributed by atoms with Crippen LogP contribution in [-0.4, -0.2) is 47.7 Å². The van der Waals surface area contributed by atoms with Gasteiger partial charge in [-0.15, -0.1) is 0 Å². The minimum absolute atomic E-state index is 0.0988. The molecule has 0 atom stereocenters. The first kappa shape index (κ1) is 24.6. The van der Waals surface area contributed by atoms with Crippen LogP contribution in [0.4, 0.5) is 11.4 Å². The number of nitro groups is 1. The zero-order valence-corrected chi connectivity index (χ0v) is 20.5. The van der Waals surface area contributed by atoms with Crippen molar-refractivity contribution in [3.05, 3.63) is 112 Å². The molecule has 0 bridgehead atoms. The highest BCUT2D eigenvalue weighted by Crippen LogP contribution is 2.32. The molecular formula is C29H23N3O6. The Morgan fingerprint density at radius 1 is 0.895 bits per heavy atom. The molecule has 0 saturated heterocycles. The number of nitro benzene ring substituents is 1. The molecule has 4 aromatic carbocycles. The molecule has 0 aliphatic carbocycles. The highest BCUT2D eigenvalue weighted by molar-refractivity contribution is 6.25. The first-order valence-electron chi connectivity index (χ1n) is 12.0. The SMILES string of the molecule is COc1ccccc1N(CCCN1C(=O)c2cccc3cccc(c23)C1=O)C(=O)c1ccc([N+](=O)[O-])cc1. The molecule has 0 saturated carbocycles. The van der Waals surface area contributed by atoms with Crippen molar-refractivity contribution in [2.24, 2.45) is 0 Å². The molecule has 4 aromatic rings. The van der Waals surface area contributed by atoms with Gasteiger partial charge in [-0.3, -0.25) is 29.4 Å². The standard InChI is InChI=1S/C29H23N3O6/c1-38-25-12-3-2-11-24(25)30(27(33)20-13-15-21(16-14-20)32(36)37)17-6-18-31-28(34)22-9-4-7-19-8-5-10-23(26(19)22)29(31)35/h2-5,7-16H,6,17-18H2,1H3. The number of amides is 3. The first-order chi connectivity index (χ1) is 18.4. The zero-order valence-electron chi connectivity index (χ0n) is 20.5. The molecule has 0 aromatic heterocycles. The number of methoxy groups -OCH3 is 1. The van der Waals surface area contributed by atoms with E-state index in [0.717, 1.165) is 5.39 Å². The average molecular weight is 510 g/mol. The van der Waals surface area contributed by atoms with E-state index in [4.69, 9.17) is 4.74 Å². The van der Waals surface area contributed by atoms with Gasteiger partial charge in [-0.05, 0) is 48.2 Å². The first-order valence-corrected chi connectivity index (χ1v) is 12.0. The minimum Gasteiger partial charge on any atom is -0.495 e. The Labute approximate surface area is 218 Å². The molecule has 0 N–H and O–H groups in total. The molecule has 38 heavy (non-hydrogen) atoms. The van der Waals surface area contributed by atoms with Gasteiger partial charge in [0.05, 0.1) is 17.7 Å². The molecule has 0 spiro atoms. The largest absolute Gasteiger partial charge is 0.495 e. The van der Waals surface area contributed by atoms with Gasteiger partial charge in [0.15, 0.2) is 0 Å². The van der Waals surface area contributed by atoms with Crippen LogP contribution >= 0.6 is 0 Å². The summed E-state index contributed by atoms with van der Waals surface area (Å²) < 4.78 is 5.46. The van der Waals surface area contributed by atoms with E-state index in [9.17, 15) is 24.5 Å². The summed E-state index contributed by atoms with van der Waals surface area (Å²) in [6.07, 6.45) is 0.298. The summed E-state index contributed by atoms with van der Waals surface area (Å²) in [6, 6.07) is 23.1. The number of ether oxygens (including phenoxy) is 1. The van der Waals surface area contributed by atoms with Crippen molar-refractivity contribution in [2.45, 2.75) is 6.42 Å². The third-order valence-electron chi connectivity index (χ3n) is 6.57. The van der Waals surface area contributed by atoms with Gasteiger partial charge in [-0.25, -0.2) is 0 Å². The Morgan fingerprint density at radius 2 is 1.53 bits per heavy atom. The van der Waals surface area contributed by atoms with Crippen LogP contribution in [0, 0.1) is 10.1 Å². The van der Waals surface area contributed by atoms with E-state index in [1.165, 1.54) is 41.2 Å². The number of rotatable bonds is 8. The van der Waals surface area contributed by atoms with Crippen LogP contribution < -0.4 is 9.64 Å². The fourth-order valence-corrected chi connectivity index (χ4v) is 4.74. The highest BCUT2D eigenvalue weighted by Gasteiger charge is 2.32. The minimum atomic E-state index is -0.530. The second kappa shape index (κ2) is 10.1. The van der Waals surface area contributed by atoms with Crippen molar-refractivity contribution >= 4 is 39.9 Å². The smallest absolute Gasteiger partial charge is 0.269 e. The second-order valence-corrected chi connectivity index (χ2v) is 8.76. The third-order valence-corrected chi connectivity index (χ3v) is 6.57. The van der Waals surface area contributed by atoms with Crippen LogP contribution in [0.15, 0.2) is 84.9 Å². The van der Waals surface area contributed by atoms with Crippen LogP contribution in [0.5, 0.6) is 5.75 Å². The molecule has 0 fully saturated rings. The number of anilines is 1. The van der Waals surface area contributed by atoms with Crippen LogP contribution in [-0.2, 0) is 0 Å². The maximum atomic E-state index is 13.5. The van der Waals surface area contributed by atoms with Crippen LogP contribution in [0.1, 0.15) is 37.5 Å². The molecule has 3 amide bonds. The average Bonchev–Trinajstić information content (AvgIpc) is 2.95. The second-order valence-electron chi connectivity index (χ2n) is 8.76. The fourth-order valence-electron chi connectivity index (χ4n) is 4.74. The van der Waals surface area contributed by atoms with E-state index < -0.39 is 10.8 Å². The quantitative estimate of drug-likeness (QED) is 0.186. The Morgan fingerprint density at radius 3 is 2.13 bits per heavy atom. The number of imide groups is 1. The van der Waals surface area contributed by atoms with Gasteiger partial charge in [0, 0.05) is 47.3 Å². The van der Waals surface area contributed by atoms with Gasteiger partial charge >= 0.3 is 0 Å². The number of para-hydroxylation sites is 2. The third kappa shape index (κ3) is 4.34. The molecule has 9 nitrogen and oxygen atoms in total. The predicted molar refractivity (Wildman–Crippen MR) is 142 cm³/mol. The lowest BCUT2D eigenvalue weighted by atomic mass is 9.94. The van der Waals surface area contributed by atoms with E-state index >= 15 is 0 Å². The summed E-state index contributed by atoms with van der Waals surface area (Å²) in [7, 11) is 1.50. The van der Waals surface area contributed by atoms with Crippen molar-refractivity contribution in [1.82, 2.24) is 4.90 Å². The van der Waals surface area contributed by atoms with Gasteiger partial charge in [0.1, 0.15) is 5.75 Å². The number of non-ortho nitro benzene ring substituents is 1. The maximum absolute atomic E-state index is 13.5. The van der Waals surface area contributed by atoms with E-state index in [0.29, 0.717) is 34.4 Å². The van der Waals surface area contributed by atoms with Gasteiger partial charge in [0.25, 0.3) is 23.4 Å². The van der Waals surface area contributed by atoms with Crippen molar-refractivity contribution in [2.75, 3.05) is 25.1 Å². The molecule has 0 unspecified atom stereocenters. The van der Waals surface area contributed by atoms with Crippen LogP contribution in [0.3, 0.4) is 0 Å². The monoisotopic (exact) mass is 509 g/mol. The normalized spacial score (nSPS) is 12.5. The van der Waals surface area contributed by atoms with E-state index in [2.05, 4.69) is 0 Å². The summed E-state index contributed by atoms with van der Waals surface area (Å²) in [5, 5.41) is 12.5. The van der Waals surface area contributed by atoms with Crippen LogP contribution in [0.25, 0.3) is 10.8 Å². The van der Waals surface area contributed by atoms with Gasteiger partial charge in [-0.1, -0.05) is 36.4 Å². The number of hydrogen-bond donors (Lipinski definition) is 0. The number of hydrogen-bond acceptors (Lipinski definition) is 6. The molecule has 190 valence electrons. The molecule has 1 aliphatic heterocycles. The number of carbonyl (C=O) groups excluding carboxylic acids is 3. The molecule has 1 heterocycles.